The first-order valence-corrected chi connectivity index (χ1v) is 8.64. The highest BCUT2D eigenvalue weighted by Crippen LogP contribution is 2.25. The molecule has 0 amide bonds. The van der Waals surface area contributed by atoms with Gasteiger partial charge in [-0.2, -0.15) is 0 Å². The Hall–Kier alpha value is -0.890. The second kappa shape index (κ2) is 5.62. The summed E-state index contributed by atoms with van der Waals surface area (Å²) in [7, 11) is -3.55. The quantitative estimate of drug-likeness (QED) is 0.879. The smallest absolute Gasteiger partial charge is 0.262 e. The molecule has 0 radical (unpaired) electrons. The van der Waals surface area contributed by atoms with Crippen molar-refractivity contribution in [2.75, 3.05) is 4.72 Å². The Morgan fingerprint density at radius 2 is 2.11 bits per heavy atom. The minimum atomic E-state index is -3.55. The van der Waals surface area contributed by atoms with Gasteiger partial charge in [-0.15, -0.1) is 11.3 Å². The average Bonchev–Trinajstić information content (AvgIpc) is 2.83. The molecule has 2 rings (SSSR count). The maximum absolute atomic E-state index is 12.2. The van der Waals surface area contributed by atoms with Crippen molar-refractivity contribution in [3.63, 3.8) is 0 Å². The van der Waals surface area contributed by atoms with Crippen molar-refractivity contribution < 1.29 is 8.42 Å². The molecule has 1 heterocycles. The fourth-order valence-corrected chi connectivity index (χ4v) is 4.06. The zero-order chi connectivity index (χ0) is 14.0. The van der Waals surface area contributed by atoms with E-state index < -0.39 is 10.0 Å². The van der Waals surface area contributed by atoms with Crippen LogP contribution in [-0.2, 0) is 16.6 Å². The Morgan fingerprint density at radius 1 is 1.37 bits per heavy atom. The molecule has 0 atom stereocenters. The summed E-state index contributed by atoms with van der Waals surface area (Å²) in [6, 6.07) is 6.91. The zero-order valence-corrected chi connectivity index (χ0v) is 13.4. The third-order valence-electron chi connectivity index (χ3n) is 2.57. The highest BCUT2D eigenvalue weighted by molar-refractivity contribution is 9.10. The van der Waals surface area contributed by atoms with Gasteiger partial charge in [-0.25, -0.2) is 8.42 Å². The highest BCUT2D eigenvalue weighted by atomic mass is 79.9. The number of hydrogen-bond acceptors (Lipinski definition) is 4. The average molecular weight is 361 g/mol. The molecule has 0 bridgehead atoms. The summed E-state index contributed by atoms with van der Waals surface area (Å²) in [5.74, 6) is 0. The largest absolute Gasteiger partial charge is 0.326 e. The van der Waals surface area contributed by atoms with Crippen molar-refractivity contribution >= 4 is 43.0 Å². The first kappa shape index (κ1) is 14.5. The standard InChI is InChI=1S/C12H13BrN2O2S2/c1-8-2-3-9(4-12(8)13)15-19(16,17)11-5-10(6-14)18-7-11/h2-5,7,15H,6,14H2,1H3. The van der Waals surface area contributed by atoms with Crippen molar-refractivity contribution in [3.8, 4) is 0 Å². The minimum absolute atomic E-state index is 0.245. The number of benzene rings is 1. The normalized spacial score (nSPS) is 11.5. The minimum Gasteiger partial charge on any atom is -0.326 e. The number of thiophene rings is 1. The van der Waals surface area contributed by atoms with E-state index in [9.17, 15) is 8.42 Å². The van der Waals surface area contributed by atoms with E-state index in [1.54, 1.807) is 23.6 Å². The molecule has 0 fully saturated rings. The molecule has 19 heavy (non-hydrogen) atoms. The Bertz CT molecular complexity index is 696. The molecule has 0 saturated heterocycles. The van der Waals surface area contributed by atoms with E-state index in [1.807, 2.05) is 13.0 Å². The van der Waals surface area contributed by atoms with Gasteiger partial charge in [-0.05, 0) is 30.7 Å². The van der Waals surface area contributed by atoms with Crippen LogP contribution >= 0.6 is 27.3 Å². The molecule has 1 aromatic heterocycles. The van der Waals surface area contributed by atoms with E-state index in [-0.39, 0.29) is 4.90 Å². The van der Waals surface area contributed by atoms with Crippen LogP contribution in [-0.4, -0.2) is 8.42 Å². The topological polar surface area (TPSA) is 72.2 Å². The molecule has 0 unspecified atom stereocenters. The van der Waals surface area contributed by atoms with Crippen LogP contribution in [0.1, 0.15) is 10.4 Å². The van der Waals surface area contributed by atoms with Crippen LogP contribution in [0.5, 0.6) is 0 Å². The third kappa shape index (κ3) is 3.36. The van der Waals surface area contributed by atoms with Crippen molar-refractivity contribution in [2.45, 2.75) is 18.4 Å². The second-order valence-electron chi connectivity index (χ2n) is 4.02. The first-order valence-electron chi connectivity index (χ1n) is 5.49. The Kier molecular flexibility index (Phi) is 4.29. The summed E-state index contributed by atoms with van der Waals surface area (Å²) in [5, 5.41) is 1.59. The molecular weight excluding hydrogens is 348 g/mol. The van der Waals surface area contributed by atoms with E-state index in [0.29, 0.717) is 12.2 Å². The van der Waals surface area contributed by atoms with Crippen molar-refractivity contribution in [3.05, 3.63) is 44.6 Å². The molecule has 0 saturated carbocycles. The number of halogens is 1. The van der Waals surface area contributed by atoms with Gasteiger partial charge in [0.1, 0.15) is 0 Å². The predicted molar refractivity (Wildman–Crippen MR) is 81.9 cm³/mol. The first-order chi connectivity index (χ1) is 8.92. The lowest BCUT2D eigenvalue weighted by molar-refractivity contribution is 0.601. The van der Waals surface area contributed by atoms with Crippen LogP contribution in [0.15, 0.2) is 39.0 Å². The van der Waals surface area contributed by atoms with Gasteiger partial charge in [0.15, 0.2) is 0 Å². The van der Waals surface area contributed by atoms with E-state index in [1.165, 1.54) is 11.3 Å². The Morgan fingerprint density at radius 3 is 2.68 bits per heavy atom. The number of nitrogens with one attached hydrogen (secondary N) is 1. The molecule has 0 aliphatic carbocycles. The molecule has 2 aromatic rings. The third-order valence-corrected chi connectivity index (χ3v) is 5.89. The van der Waals surface area contributed by atoms with Crippen LogP contribution in [0.25, 0.3) is 0 Å². The fraction of sp³-hybridized carbons (Fsp3) is 0.167. The van der Waals surface area contributed by atoms with Gasteiger partial charge >= 0.3 is 0 Å². The lowest BCUT2D eigenvalue weighted by Crippen LogP contribution is -2.12. The van der Waals surface area contributed by atoms with Crippen molar-refractivity contribution in [1.82, 2.24) is 0 Å². The van der Waals surface area contributed by atoms with Gasteiger partial charge in [0.25, 0.3) is 10.0 Å². The molecular formula is C12H13BrN2O2S2. The van der Waals surface area contributed by atoms with Gasteiger partial charge < -0.3 is 5.73 Å². The van der Waals surface area contributed by atoms with Gasteiger partial charge in [-0.1, -0.05) is 22.0 Å². The van der Waals surface area contributed by atoms with Crippen LogP contribution in [0.3, 0.4) is 0 Å². The second-order valence-corrected chi connectivity index (χ2v) is 7.55. The summed E-state index contributed by atoms with van der Waals surface area (Å²) < 4.78 is 27.7. The Labute approximate surface area is 124 Å². The maximum atomic E-state index is 12.2. The van der Waals surface area contributed by atoms with Gasteiger partial charge in [0.05, 0.1) is 4.90 Å². The molecule has 1 aromatic carbocycles. The zero-order valence-electron chi connectivity index (χ0n) is 10.2. The summed E-state index contributed by atoms with van der Waals surface area (Å²) in [5.41, 5.74) is 7.06. The number of anilines is 1. The summed E-state index contributed by atoms with van der Waals surface area (Å²) >= 11 is 4.72. The number of hydrogen-bond donors (Lipinski definition) is 2. The van der Waals surface area contributed by atoms with E-state index >= 15 is 0 Å². The van der Waals surface area contributed by atoms with Crippen LogP contribution in [0.2, 0.25) is 0 Å². The van der Waals surface area contributed by atoms with E-state index in [0.717, 1.165) is 14.9 Å². The predicted octanol–water partition coefficient (Wildman–Crippen LogP) is 3.08. The molecule has 102 valence electrons. The van der Waals surface area contributed by atoms with Gasteiger partial charge in [0, 0.05) is 27.0 Å². The fourth-order valence-electron chi connectivity index (χ4n) is 1.48. The molecule has 0 aliphatic heterocycles. The van der Waals surface area contributed by atoms with Gasteiger partial charge in [0.2, 0.25) is 0 Å². The van der Waals surface area contributed by atoms with Crippen LogP contribution in [0, 0.1) is 6.92 Å². The summed E-state index contributed by atoms with van der Waals surface area (Å²) in [6.07, 6.45) is 0. The number of rotatable bonds is 4. The molecule has 7 heteroatoms. The van der Waals surface area contributed by atoms with Gasteiger partial charge in [-0.3, -0.25) is 4.72 Å². The van der Waals surface area contributed by atoms with Crippen molar-refractivity contribution in [2.24, 2.45) is 5.73 Å². The molecule has 3 N–H and O–H groups in total. The Balaban J connectivity index is 2.28. The summed E-state index contributed by atoms with van der Waals surface area (Å²) in [6.45, 7) is 2.28. The molecule has 0 aliphatic rings. The highest BCUT2D eigenvalue weighted by Gasteiger charge is 2.16. The number of nitrogens with two attached hydrogens (primary N) is 1. The van der Waals surface area contributed by atoms with Crippen molar-refractivity contribution in [1.29, 1.82) is 0 Å². The number of sulfonamides is 1. The van der Waals surface area contributed by atoms with Crippen LogP contribution in [0.4, 0.5) is 5.69 Å². The monoisotopic (exact) mass is 360 g/mol. The maximum Gasteiger partial charge on any atom is 0.262 e. The number of aryl methyl sites for hydroxylation is 1. The van der Waals surface area contributed by atoms with E-state index in [2.05, 4.69) is 20.7 Å². The molecule has 0 spiro atoms. The SMILES string of the molecule is Cc1ccc(NS(=O)(=O)c2csc(CN)c2)cc1Br. The molecule has 4 nitrogen and oxygen atoms in total. The lowest BCUT2D eigenvalue weighted by atomic mass is 10.2. The van der Waals surface area contributed by atoms with E-state index in [4.69, 9.17) is 5.73 Å². The summed E-state index contributed by atoms with van der Waals surface area (Å²) in [4.78, 5) is 1.08. The lowest BCUT2D eigenvalue weighted by Gasteiger charge is -2.08. The van der Waals surface area contributed by atoms with Crippen LogP contribution < -0.4 is 10.5 Å².